The van der Waals surface area contributed by atoms with Crippen LogP contribution >= 0.6 is 27.7 Å². The van der Waals surface area contributed by atoms with Gasteiger partial charge in [0.2, 0.25) is 0 Å². The molecule has 1 unspecified atom stereocenters. The third kappa shape index (κ3) is 2.89. The van der Waals surface area contributed by atoms with Gasteiger partial charge in [-0.15, -0.1) is 0 Å². The summed E-state index contributed by atoms with van der Waals surface area (Å²) in [5, 5.41) is 0. The van der Waals surface area contributed by atoms with Crippen molar-refractivity contribution in [2.24, 2.45) is 5.73 Å². The Morgan fingerprint density at radius 2 is 2.40 bits per heavy atom. The topological polar surface area (TPSA) is 35.2 Å². The second-order valence-corrected chi connectivity index (χ2v) is 5.63. The maximum atomic E-state index is 5.83. The second-order valence-electron chi connectivity index (χ2n) is 3.56. The van der Waals surface area contributed by atoms with Gasteiger partial charge in [-0.3, -0.25) is 0 Å². The van der Waals surface area contributed by atoms with Crippen LogP contribution in [0.2, 0.25) is 0 Å². The average Bonchev–Trinajstić information content (AvgIpc) is 2.60. The van der Waals surface area contributed by atoms with Gasteiger partial charge < -0.3 is 10.5 Å². The number of hydrogen-bond acceptors (Lipinski definition) is 3. The summed E-state index contributed by atoms with van der Waals surface area (Å²) in [6.45, 7) is 0.746. The number of rotatable bonds is 4. The molecule has 1 aromatic carbocycles. The molecule has 0 spiro atoms. The van der Waals surface area contributed by atoms with E-state index in [4.69, 9.17) is 10.5 Å². The molecular weight excluding hydrogens is 274 g/mol. The standard InChI is InChI=1S/C11H14BrNOS/c12-9-1-2-11-8(5-9)6-10(14-11)7-15-4-3-13/h1-2,5,10H,3-4,6-7,13H2. The highest BCUT2D eigenvalue weighted by Gasteiger charge is 2.22. The van der Waals surface area contributed by atoms with E-state index in [0.29, 0.717) is 6.10 Å². The molecule has 0 fully saturated rings. The molecule has 4 heteroatoms. The predicted octanol–water partition coefficient (Wildman–Crippen LogP) is 2.44. The first-order chi connectivity index (χ1) is 7.29. The van der Waals surface area contributed by atoms with Crippen LogP contribution in [0.3, 0.4) is 0 Å². The van der Waals surface area contributed by atoms with E-state index in [1.54, 1.807) is 0 Å². The molecule has 1 aliphatic heterocycles. The summed E-state index contributed by atoms with van der Waals surface area (Å²) < 4.78 is 6.95. The Bertz CT molecular complexity index is 345. The van der Waals surface area contributed by atoms with Gasteiger partial charge in [0.25, 0.3) is 0 Å². The lowest BCUT2D eigenvalue weighted by molar-refractivity contribution is 0.259. The van der Waals surface area contributed by atoms with Crippen molar-refractivity contribution in [1.82, 2.24) is 0 Å². The first-order valence-corrected chi connectivity index (χ1v) is 6.97. The van der Waals surface area contributed by atoms with Gasteiger partial charge in [-0.05, 0) is 23.8 Å². The Labute approximate surface area is 103 Å². The summed E-state index contributed by atoms with van der Waals surface area (Å²) in [4.78, 5) is 0. The van der Waals surface area contributed by atoms with Crippen molar-refractivity contribution in [3.05, 3.63) is 28.2 Å². The molecule has 1 aliphatic rings. The van der Waals surface area contributed by atoms with E-state index in [-0.39, 0.29) is 0 Å². The van der Waals surface area contributed by atoms with Crippen molar-refractivity contribution in [3.63, 3.8) is 0 Å². The minimum absolute atomic E-state index is 0.325. The third-order valence-corrected chi connectivity index (χ3v) is 3.95. The predicted molar refractivity (Wildman–Crippen MR) is 68.6 cm³/mol. The van der Waals surface area contributed by atoms with Crippen molar-refractivity contribution in [2.75, 3.05) is 18.1 Å². The summed E-state index contributed by atoms with van der Waals surface area (Å²) in [6, 6.07) is 6.20. The molecule has 1 heterocycles. The lowest BCUT2D eigenvalue weighted by Gasteiger charge is -2.09. The zero-order valence-corrected chi connectivity index (χ0v) is 10.8. The molecule has 82 valence electrons. The van der Waals surface area contributed by atoms with E-state index in [9.17, 15) is 0 Å². The molecule has 0 amide bonds. The molecule has 2 nitrogen and oxygen atoms in total. The van der Waals surface area contributed by atoms with Crippen molar-refractivity contribution in [2.45, 2.75) is 12.5 Å². The lowest BCUT2D eigenvalue weighted by atomic mass is 10.1. The molecule has 15 heavy (non-hydrogen) atoms. The molecule has 0 radical (unpaired) electrons. The molecule has 1 atom stereocenters. The van der Waals surface area contributed by atoms with E-state index in [2.05, 4.69) is 22.0 Å². The number of fused-ring (bicyclic) bond motifs is 1. The van der Waals surface area contributed by atoms with Crippen LogP contribution in [0.4, 0.5) is 0 Å². The monoisotopic (exact) mass is 287 g/mol. The zero-order valence-electron chi connectivity index (χ0n) is 8.41. The fraction of sp³-hybridized carbons (Fsp3) is 0.455. The van der Waals surface area contributed by atoms with Crippen LogP contribution in [-0.4, -0.2) is 24.2 Å². The average molecular weight is 288 g/mol. The minimum Gasteiger partial charge on any atom is -0.489 e. The Morgan fingerprint density at radius 3 is 3.20 bits per heavy atom. The number of ether oxygens (including phenoxy) is 1. The van der Waals surface area contributed by atoms with Gasteiger partial charge in [0.1, 0.15) is 11.9 Å². The van der Waals surface area contributed by atoms with Crippen molar-refractivity contribution >= 4 is 27.7 Å². The Hall–Kier alpha value is -0.190. The number of hydrogen-bond donors (Lipinski definition) is 1. The first kappa shape index (κ1) is 11.3. The molecule has 1 aromatic rings. The summed E-state index contributed by atoms with van der Waals surface area (Å²) >= 11 is 5.33. The summed E-state index contributed by atoms with van der Waals surface area (Å²) in [5.74, 6) is 3.08. The highest BCUT2D eigenvalue weighted by atomic mass is 79.9. The van der Waals surface area contributed by atoms with Crippen molar-refractivity contribution < 1.29 is 4.74 Å². The molecule has 0 aliphatic carbocycles. The minimum atomic E-state index is 0.325. The van der Waals surface area contributed by atoms with Gasteiger partial charge in [0.15, 0.2) is 0 Å². The smallest absolute Gasteiger partial charge is 0.123 e. The Balaban J connectivity index is 1.91. The van der Waals surface area contributed by atoms with Gasteiger partial charge in [0.05, 0.1) is 0 Å². The van der Waals surface area contributed by atoms with Crippen LogP contribution in [0, 0.1) is 0 Å². The summed E-state index contributed by atoms with van der Waals surface area (Å²) in [7, 11) is 0. The number of halogens is 1. The summed E-state index contributed by atoms with van der Waals surface area (Å²) in [6.07, 6.45) is 1.35. The maximum absolute atomic E-state index is 5.83. The number of benzene rings is 1. The van der Waals surface area contributed by atoms with Gasteiger partial charge in [-0.1, -0.05) is 15.9 Å². The molecule has 2 rings (SSSR count). The fourth-order valence-electron chi connectivity index (χ4n) is 1.68. The van der Waals surface area contributed by atoms with Gasteiger partial charge in [0, 0.05) is 28.9 Å². The van der Waals surface area contributed by atoms with E-state index in [1.165, 1.54) is 5.56 Å². The van der Waals surface area contributed by atoms with E-state index < -0.39 is 0 Å². The quantitative estimate of drug-likeness (QED) is 0.864. The maximum Gasteiger partial charge on any atom is 0.123 e. The number of nitrogens with two attached hydrogens (primary N) is 1. The zero-order chi connectivity index (χ0) is 10.7. The van der Waals surface area contributed by atoms with E-state index in [0.717, 1.165) is 34.7 Å². The molecule has 0 saturated heterocycles. The SMILES string of the molecule is NCCSCC1Cc2cc(Br)ccc2O1. The fourth-order valence-corrected chi connectivity index (χ4v) is 2.87. The highest BCUT2D eigenvalue weighted by molar-refractivity contribution is 9.10. The van der Waals surface area contributed by atoms with Crippen LogP contribution < -0.4 is 10.5 Å². The number of thioether (sulfide) groups is 1. The van der Waals surface area contributed by atoms with Crippen LogP contribution in [0.15, 0.2) is 22.7 Å². The van der Waals surface area contributed by atoms with Crippen LogP contribution in [0.25, 0.3) is 0 Å². The molecule has 0 saturated carbocycles. The van der Waals surface area contributed by atoms with Crippen molar-refractivity contribution in [1.29, 1.82) is 0 Å². The normalized spacial score (nSPS) is 18.7. The summed E-state index contributed by atoms with van der Waals surface area (Å²) in [5.41, 5.74) is 6.76. The molecule has 0 aromatic heterocycles. The second kappa shape index (κ2) is 5.23. The molecule has 0 bridgehead atoms. The van der Waals surface area contributed by atoms with E-state index in [1.807, 2.05) is 23.9 Å². The van der Waals surface area contributed by atoms with Gasteiger partial charge in [-0.25, -0.2) is 0 Å². The van der Waals surface area contributed by atoms with Crippen molar-refractivity contribution in [3.8, 4) is 5.75 Å². The van der Waals surface area contributed by atoms with Gasteiger partial charge in [-0.2, -0.15) is 11.8 Å². The third-order valence-electron chi connectivity index (χ3n) is 2.33. The van der Waals surface area contributed by atoms with Crippen LogP contribution in [0.1, 0.15) is 5.56 Å². The highest BCUT2D eigenvalue weighted by Crippen LogP contribution is 2.32. The largest absolute Gasteiger partial charge is 0.489 e. The molecule has 2 N–H and O–H groups in total. The van der Waals surface area contributed by atoms with Gasteiger partial charge >= 0.3 is 0 Å². The Morgan fingerprint density at radius 1 is 1.53 bits per heavy atom. The molecular formula is C11H14BrNOS. The van der Waals surface area contributed by atoms with Crippen LogP contribution in [-0.2, 0) is 6.42 Å². The lowest BCUT2D eigenvalue weighted by Crippen LogP contribution is -2.17. The van der Waals surface area contributed by atoms with E-state index >= 15 is 0 Å². The van der Waals surface area contributed by atoms with Crippen LogP contribution in [0.5, 0.6) is 5.75 Å². The first-order valence-electron chi connectivity index (χ1n) is 5.02. The Kier molecular flexibility index (Phi) is 3.94.